The Kier molecular flexibility index (Phi) is 4.86. The third kappa shape index (κ3) is 3.77. The van der Waals surface area contributed by atoms with Crippen molar-refractivity contribution in [2.45, 2.75) is 6.54 Å². The van der Waals surface area contributed by atoms with E-state index in [4.69, 9.17) is 4.74 Å². The van der Waals surface area contributed by atoms with Gasteiger partial charge in [-0.25, -0.2) is 4.79 Å². The first-order valence-electron chi connectivity index (χ1n) is 8.49. The van der Waals surface area contributed by atoms with Gasteiger partial charge in [-0.1, -0.05) is 18.2 Å². The van der Waals surface area contributed by atoms with Crippen LogP contribution >= 0.6 is 11.3 Å². The second-order valence-electron chi connectivity index (χ2n) is 6.02. The Morgan fingerprint density at radius 1 is 1.18 bits per heavy atom. The number of carbonyl (C=O) groups excluding carboxylic acids is 2. The first kappa shape index (κ1) is 17.9. The zero-order chi connectivity index (χ0) is 19.5. The highest BCUT2D eigenvalue weighted by Crippen LogP contribution is 2.27. The topological polar surface area (TPSA) is 86.1 Å². The summed E-state index contributed by atoms with van der Waals surface area (Å²) in [5.41, 5.74) is 2.21. The van der Waals surface area contributed by atoms with Gasteiger partial charge < -0.3 is 10.1 Å². The smallest absolute Gasteiger partial charge is 0.348 e. The fourth-order valence-electron chi connectivity index (χ4n) is 2.75. The lowest BCUT2D eigenvalue weighted by Gasteiger charge is -2.06. The largest absolute Gasteiger partial charge is 0.465 e. The number of anilines is 1. The average Bonchev–Trinajstić information content (AvgIpc) is 3.36. The van der Waals surface area contributed by atoms with E-state index in [1.165, 1.54) is 18.4 Å². The van der Waals surface area contributed by atoms with Gasteiger partial charge in [0.15, 0.2) is 0 Å². The van der Waals surface area contributed by atoms with Gasteiger partial charge in [0, 0.05) is 11.6 Å². The van der Waals surface area contributed by atoms with E-state index in [-0.39, 0.29) is 18.4 Å². The van der Waals surface area contributed by atoms with Gasteiger partial charge in [0.1, 0.15) is 17.1 Å². The lowest BCUT2D eigenvalue weighted by molar-refractivity contribution is -0.116. The number of carbonyl (C=O) groups is 2. The van der Waals surface area contributed by atoms with Crippen LogP contribution in [-0.4, -0.2) is 33.8 Å². The Morgan fingerprint density at radius 2 is 2.04 bits per heavy atom. The number of hydrogen-bond acceptors (Lipinski definition) is 6. The van der Waals surface area contributed by atoms with Crippen LogP contribution in [0.1, 0.15) is 9.67 Å². The highest BCUT2D eigenvalue weighted by atomic mass is 32.1. The van der Waals surface area contributed by atoms with Crippen molar-refractivity contribution in [1.82, 2.24) is 14.8 Å². The molecule has 0 saturated carbocycles. The van der Waals surface area contributed by atoms with Crippen LogP contribution in [0, 0.1) is 0 Å². The van der Waals surface area contributed by atoms with Crippen molar-refractivity contribution >= 4 is 39.8 Å². The van der Waals surface area contributed by atoms with Gasteiger partial charge in [-0.2, -0.15) is 5.10 Å². The molecule has 0 spiro atoms. The summed E-state index contributed by atoms with van der Waals surface area (Å²) in [5.74, 6) is -0.577. The Balaban J connectivity index is 1.43. The summed E-state index contributed by atoms with van der Waals surface area (Å²) in [6.07, 6.45) is 3.36. The fraction of sp³-hybridized carbons (Fsp3) is 0.100. The third-order valence-electron chi connectivity index (χ3n) is 4.07. The number of aromatic nitrogens is 3. The number of esters is 1. The molecule has 0 saturated heterocycles. The lowest BCUT2D eigenvalue weighted by atomic mass is 10.2. The van der Waals surface area contributed by atoms with Gasteiger partial charge in [-0.3, -0.25) is 14.5 Å². The van der Waals surface area contributed by atoms with Crippen molar-refractivity contribution in [3.63, 3.8) is 0 Å². The van der Waals surface area contributed by atoms with Gasteiger partial charge in [-0.15, -0.1) is 11.3 Å². The molecule has 0 unspecified atom stereocenters. The minimum absolute atomic E-state index is 0.0715. The molecule has 0 aliphatic heterocycles. The molecule has 0 aliphatic carbocycles. The summed E-state index contributed by atoms with van der Waals surface area (Å²) in [6.45, 7) is 0.0715. The van der Waals surface area contributed by atoms with Gasteiger partial charge in [-0.05, 0) is 30.3 Å². The summed E-state index contributed by atoms with van der Waals surface area (Å²) < 4.78 is 6.27. The number of benzene rings is 1. The minimum Gasteiger partial charge on any atom is -0.465 e. The van der Waals surface area contributed by atoms with Crippen molar-refractivity contribution in [2.24, 2.45) is 0 Å². The molecule has 1 amide bonds. The summed E-state index contributed by atoms with van der Waals surface area (Å²) in [4.78, 5) is 29.6. The molecule has 4 aromatic rings. The quantitative estimate of drug-likeness (QED) is 0.525. The van der Waals surface area contributed by atoms with Gasteiger partial charge in [0.05, 0.1) is 29.4 Å². The molecule has 7 nitrogen and oxygen atoms in total. The van der Waals surface area contributed by atoms with Crippen LogP contribution in [0.15, 0.2) is 60.9 Å². The van der Waals surface area contributed by atoms with Gasteiger partial charge in [0.25, 0.3) is 0 Å². The van der Waals surface area contributed by atoms with Crippen molar-refractivity contribution in [3.05, 3.63) is 65.8 Å². The molecule has 0 fully saturated rings. The molecule has 1 aromatic carbocycles. The molecular weight excluding hydrogens is 376 g/mol. The van der Waals surface area contributed by atoms with E-state index in [2.05, 4.69) is 15.4 Å². The van der Waals surface area contributed by atoms with Crippen LogP contribution in [-0.2, 0) is 16.1 Å². The number of hydrogen-bond donors (Lipinski definition) is 1. The molecule has 8 heteroatoms. The fourth-order valence-corrected chi connectivity index (χ4v) is 3.64. The molecule has 0 bridgehead atoms. The lowest BCUT2D eigenvalue weighted by Crippen LogP contribution is -2.19. The Morgan fingerprint density at radius 3 is 2.89 bits per heavy atom. The second-order valence-corrected chi connectivity index (χ2v) is 7.10. The van der Waals surface area contributed by atoms with E-state index in [1.807, 2.05) is 36.4 Å². The normalized spacial score (nSPS) is 10.8. The summed E-state index contributed by atoms with van der Waals surface area (Å²) in [7, 11) is 1.35. The van der Waals surface area contributed by atoms with E-state index >= 15 is 0 Å². The monoisotopic (exact) mass is 392 g/mol. The number of nitrogens with zero attached hydrogens (tertiary/aromatic N) is 3. The molecule has 0 atom stereocenters. The van der Waals surface area contributed by atoms with E-state index in [0.29, 0.717) is 16.3 Å². The van der Waals surface area contributed by atoms with Crippen LogP contribution in [0.4, 0.5) is 5.69 Å². The number of nitrogens with one attached hydrogen (secondary N) is 1. The highest BCUT2D eigenvalue weighted by Gasteiger charge is 2.13. The highest BCUT2D eigenvalue weighted by molar-refractivity contribution is 7.17. The predicted octanol–water partition coefficient (Wildman–Crippen LogP) is 3.59. The van der Waals surface area contributed by atoms with Crippen molar-refractivity contribution in [2.75, 3.05) is 12.4 Å². The van der Waals surface area contributed by atoms with E-state index in [9.17, 15) is 9.59 Å². The Labute approximate surface area is 164 Å². The minimum atomic E-state index is -0.376. The molecule has 1 N–H and O–H groups in total. The van der Waals surface area contributed by atoms with E-state index < -0.39 is 0 Å². The van der Waals surface area contributed by atoms with Crippen molar-refractivity contribution in [1.29, 1.82) is 0 Å². The molecule has 3 heterocycles. The zero-order valence-electron chi connectivity index (χ0n) is 15.0. The number of ether oxygens (including phenoxy) is 1. The number of fused-ring (bicyclic) bond motifs is 1. The maximum atomic E-state index is 12.3. The molecule has 0 radical (unpaired) electrons. The molecule has 3 aromatic heterocycles. The zero-order valence-corrected chi connectivity index (χ0v) is 15.8. The van der Waals surface area contributed by atoms with Crippen LogP contribution in [0.3, 0.4) is 0 Å². The van der Waals surface area contributed by atoms with Crippen molar-refractivity contribution in [3.8, 4) is 10.6 Å². The predicted molar refractivity (Wildman–Crippen MR) is 107 cm³/mol. The SMILES string of the molecule is COC(=O)c1ccc(-c2ccn(CC(=O)Nc3cnc4ccccc4c3)n2)s1. The number of amides is 1. The first-order chi connectivity index (χ1) is 13.6. The van der Waals surface area contributed by atoms with Crippen LogP contribution in [0.2, 0.25) is 0 Å². The number of para-hydroxylation sites is 1. The molecule has 0 aliphatic rings. The number of pyridine rings is 1. The number of thiophene rings is 1. The molecular formula is C20H16N4O3S. The number of methoxy groups -OCH3 is 1. The summed E-state index contributed by atoms with van der Waals surface area (Å²) in [6, 6.07) is 14.9. The van der Waals surface area contributed by atoms with Crippen LogP contribution < -0.4 is 5.32 Å². The maximum Gasteiger partial charge on any atom is 0.348 e. The van der Waals surface area contributed by atoms with Crippen molar-refractivity contribution < 1.29 is 14.3 Å². The van der Waals surface area contributed by atoms with Gasteiger partial charge in [0.2, 0.25) is 5.91 Å². The average molecular weight is 392 g/mol. The second kappa shape index (κ2) is 7.61. The van der Waals surface area contributed by atoms with E-state index in [0.717, 1.165) is 15.8 Å². The summed E-state index contributed by atoms with van der Waals surface area (Å²) in [5, 5.41) is 8.21. The summed E-state index contributed by atoms with van der Waals surface area (Å²) >= 11 is 1.30. The molecule has 4 rings (SSSR count). The van der Waals surface area contributed by atoms with Gasteiger partial charge >= 0.3 is 5.97 Å². The maximum absolute atomic E-state index is 12.3. The standard InChI is InChI=1S/C20H16N4O3S/c1-27-20(26)18-7-6-17(28-18)16-8-9-24(23-16)12-19(25)22-14-10-13-4-2-3-5-15(13)21-11-14/h2-11H,12H2,1H3,(H,22,25). The van der Waals surface area contributed by atoms with Crippen LogP contribution in [0.25, 0.3) is 21.5 Å². The molecule has 28 heavy (non-hydrogen) atoms. The Hall–Kier alpha value is -3.52. The third-order valence-corrected chi connectivity index (χ3v) is 5.15. The molecule has 140 valence electrons. The first-order valence-corrected chi connectivity index (χ1v) is 9.30. The Bertz CT molecular complexity index is 1160. The van der Waals surface area contributed by atoms with E-state index in [1.54, 1.807) is 29.2 Å². The number of rotatable bonds is 5. The van der Waals surface area contributed by atoms with Crippen LogP contribution in [0.5, 0.6) is 0 Å².